The van der Waals surface area contributed by atoms with Gasteiger partial charge in [-0.15, -0.1) is 0 Å². The minimum absolute atomic E-state index is 0.186. The average molecular weight is 229 g/mol. The first-order chi connectivity index (χ1) is 8.06. The van der Waals surface area contributed by atoms with Crippen molar-refractivity contribution < 1.29 is 4.79 Å². The number of benzene rings is 1. The van der Waals surface area contributed by atoms with E-state index < -0.39 is 0 Å². The zero-order valence-electron chi connectivity index (χ0n) is 10.2. The molecule has 1 aromatic heterocycles. The maximum atomic E-state index is 11.9. The second kappa shape index (κ2) is 4.41. The number of aromatic amines is 1. The maximum absolute atomic E-state index is 11.9. The molecular weight excluding hydrogens is 214 g/mol. The molecule has 2 aromatic rings. The molecule has 1 heterocycles. The molecule has 2 N–H and O–H groups in total. The van der Waals surface area contributed by atoms with E-state index in [-0.39, 0.29) is 5.91 Å². The predicted molar refractivity (Wildman–Crippen MR) is 67.2 cm³/mol. The fourth-order valence-electron chi connectivity index (χ4n) is 1.82. The van der Waals surface area contributed by atoms with Gasteiger partial charge in [0.1, 0.15) is 5.69 Å². The Morgan fingerprint density at radius 1 is 1.18 bits per heavy atom. The summed E-state index contributed by atoms with van der Waals surface area (Å²) < 4.78 is 0. The smallest absolute Gasteiger partial charge is 0.276 e. The van der Waals surface area contributed by atoms with E-state index in [0.29, 0.717) is 5.69 Å². The number of nitrogens with zero attached hydrogens (tertiary/aromatic N) is 1. The van der Waals surface area contributed by atoms with Crippen LogP contribution in [0.25, 0.3) is 0 Å². The van der Waals surface area contributed by atoms with E-state index in [1.165, 1.54) is 6.33 Å². The number of hydrogen-bond donors (Lipinski definition) is 2. The van der Waals surface area contributed by atoms with Gasteiger partial charge in [-0.3, -0.25) is 4.79 Å². The standard InChI is InChI=1S/C13H15N3O/c1-8-4-9(2)6-11(5-8)16-13(17)12-10(3)14-7-15-12/h4-7H,1-3H3,(H,14,15)(H,16,17). The Morgan fingerprint density at radius 2 is 1.82 bits per heavy atom. The molecular formula is C13H15N3O. The zero-order valence-corrected chi connectivity index (χ0v) is 10.2. The lowest BCUT2D eigenvalue weighted by Crippen LogP contribution is -2.13. The van der Waals surface area contributed by atoms with Gasteiger partial charge in [0.15, 0.2) is 0 Å². The van der Waals surface area contributed by atoms with E-state index in [2.05, 4.69) is 21.4 Å². The number of carbonyl (C=O) groups is 1. The van der Waals surface area contributed by atoms with Crippen molar-refractivity contribution in [2.45, 2.75) is 20.8 Å². The topological polar surface area (TPSA) is 57.8 Å². The van der Waals surface area contributed by atoms with Crippen LogP contribution < -0.4 is 5.32 Å². The quantitative estimate of drug-likeness (QED) is 0.831. The van der Waals surface area contributed by atoms with Gasteiger partial charge in [0.2, 0.25) is 0 Å². The van der Waals surface area contributed by atoms with E-state index in [4.69, 9.17) is 0 Å². The first-order valence-electron chi connectivity index (χ1n) is 5.46. The van der Waals surface area contributed by atoms with Crippen LogP contribution in [-0.4, -0.2) is 15.9 Å². The number of carbonyl (C=O) groups excluding carboxylic acids is 1. The Kier molecular flexibility index (Phi) is 2.95. The highest BCUT2D eigenvalue weighted by molar-refractivity contribution is 6.03. The summed E-state index contributed by atoms with van der Waals surface area (Å²) in [5.41, 5.74) is 4.25. The summed E-state index contributed by atoms with van der Waals surface area (Å²) in [7, 11) is 0. The monoisotopic (exact) mass is 229 g/mol. The molecule has 0 radical (unpaired) electrons. The molecule has 17 heavy (non-hydrogen) atoms. The minimum atomic E-state index is -0.186. The van der Waals surface area contributed by atoms with Crippen LogP contribution in [0.4, 0.5) is 5.69 Å². The van der Waals surface area contributed by atoms with Crippen LogP contribution in [0.2, 0.25) is 0 Å². The van der Waals surface area contributed by atoms with Crippen LogP contribution >= 0.6 is 0 Å². The highest BCUT2D eigenvalue weighted by Gasteiger charge is 2.11. The molecule has 88 valence electrons. The highest BCUT2D eigenvalue weighted by Crippen LogP contribution is 2.15. The third-order valence-corrected chi connectivity index (χ3v) is 2.52. The van der Waals surface area contributed by atoms with Gasteiger partial charge < -0.3 is 10.3 Å². The molecule has 0 atom stereocenters. The molecule has 0 aliphatic rings. The van der Waals surface area contributed by atoms with Gasteiger partial charge in [-0.05, 0) is 44.0 Å². The number of H-pyrrole nitrogens is 1. The average Bonchev–Trinajstić information content (AvgIpc) is 2.62. The lowest BCUT2D eigenvalue weighted by molar-refractivity contribution is 0.102. The Balaban J connectivity index is 2.21. The number of hydrogen-bond acceptors (Lipinski definition) is 2. The number of aryl methyl sites for hydroxylation is 3. The van der Waals surface area contributed by atoms with E-state index in [1.807, 2.05) is 32.9 Å². The van der Waals surface area contributed by atoms with Crippen LogP contribution in [0.5, 0.6) is 0 Å². The second-order valence-corrected chi connectivity index (χ2v) is 4.21. The molecule has 0 bridgehead atoms. The number of nitrogens with one attached hydrogen (secondary N) is 2. The van der Waals surface area contributed by atoms with Crippen molar-refractivity contribution in [3.05, 3.63) is 47.0 Å². The molecule has 4 heteroatoms. The summed E-state index contributed by atoms with van der Waals surface area (Å²) >= 11 is 0. The van der Waals surface area contributed by atoms with E-state index in [1.54, 1.807) is 0 Å². The van der Waals surface area contributed by atoms with Crippen LogP contribution in [0.1, 0.15) is 27.3 Å². The molecule has 1 amide bonds. The number of amides is 1. The number of anilines is 1. The summed E-state index contributed by atoms with van der Waals surface area (Å²) in [5.74, 6) is -0.186. The largest absolute Gasteiger partial charge is 0.348 e. The van der Waals surface area contributed by atoms with E-state index >= 15 is 0 Å². The molecule has 0 unspecified atom stereocenters. The number of rotatable bonds is 2. The second-order valence-electron chi connectivity index (χ2n) is 4.21. The van der Waals surface area contributed by atoms with Crippen molar-refractivity contribution in [2.24, 2.45) is 0 Å². The fourth-order valence-corrected chi connectivity index (χ4v) is 1.82. The Bertz CT molecular complexity index is 537. The molecule has 4 nitrogen and oxygen atoms in total. The summed E-state index contributed by atoms with van der Waals surface area (Å²) in [4.78, 5) is 18.8. The van der Waals surface area contributed by atoms with Gasteiger partial charge in [-0.2, -0.15) is 0 Å². The SMILES string of the molecule is Cc1cc(C)cc(NC(=O)c2nc[nH]c2C)c1. The molecule has 0 fully saturated rings. The predicted octanol–water partition coefficient (Wildman–Crippen LogP) is 2.59. The molecule has 0 saturated heterocycles. The number of aromatic nitrogens is 2. The molecule has 0 aliphatic carbocycles. The fraction of sp³-hybridized carbons (Fsp3) is 0.231. The minimum Gasteiger partial charge on any atom is -0.348 e. The normalized spacial score (nSPS) is 10.3. The molecule has 0 saturated carbocycles. The van der Waals surface area contributed by atoms with E-state index in [9.17, 15) is 4.79 Å². The van der Waals surface area contributed by atoms with Crippen LogP contribution in [-0.2, 0) is 0 Å². The van der Waals surface area contributed by atoms with Gasteiger partial charge in [0.25, 0.3) is 5.91 Å². The van der Waals surface area contributed by atoms with Crippen molar-refractivity contribution in [1.29, 1.82) is 0 Å². The molecule has 0 spiro atoms. The van der Waals surface area contributed by atoms with E-state index in [0.717, 1.165) is 22.5 Å². The summed E-state index contributed by atoms with van der Waals surface area (Å²) in [5, 5.41) is 2.85. The first-order valence-corrected chi connectivity index (χ1v) is 5.46. The third kappa shape index (κ3) is 2.53. The van der Waals surface area contributed by atoms with Gasteiger partial charge in [-0.25, -0.2) is 4.98 Å². The Morgan fingerprint density at radius 3 is 2.35 bits per heavy atom. The highest BCUT2D eigenvalue weighted by atomic mass is 16.1. The van der Waals surface area contributed by atoms with Gasteiger partial charge in [0, 0.05) is 11.4 Å². The van der Waals surface area contributed by atoms with Crippen molar-refractivity contribution in [3.63, 3.8) is 0 Å². The van der Waals surface area contributed by atoms with Crippen LogP contribution in [0.3, 0.4) is 0 Å². The summed E-state index contributed by atoms with van der Waals surface area (Å²) in [6.45, 7) is 5.83. The lowest BCUT2D eigenvalue weighted by Gasteiger charge is -2.06. The van der Waals surface area contributed by atoms with Crippen LogP contribution in [0.15, 0.2) is 24.5 Å². The van der Waals surface area contributed by atoms with Gasteiger partial charge >= 0.3 is 0 Å². The third-order valence-electron chi connectivity index (χ3n) is 2.52. The van der Waals surface area contributed by atoms with Gasteiger partial charge in [-0.1, -0.05) is 6.07 Å². The van der Waals surface area contributed by atoms with Crippen molar-refractivity contribution in [2.75, 3.05) is 5.32 Å². The Hall–Kier alpha value is -2.10. The maximum Gasteiger partial charge on any atom is 0.276 e. The molecule has 0 aliphatic heterocycles. The molecule has 2 rings (SSSR count). The number of imidazole rings is 1. The first kappa shape index (κ1) is 11.4. The molecule has 1 aromatic carbocycles. The van der Waals surface area contributed by atoms with Crippen molar-refractivity contribution in [1.82, 2.24) is 9.97 Å². The lowest BCUT2D eigenvalue weighted by atomic mass is 10.1. The summed E-state index contributed by atoms with van der Waals surface area (Å²) in [6, 6.07) is 5.94. The summed E-state index contributed by atoms with van der Waals surface area (Å²) in [6.07, 6.45) is 1.52. The van der Waals surface area contributed by atoms with Crippen molar-refractivity contribution in [3.8, 4) is 0 Å². The van der Waals surface area contributed by atoms with Crippen molar-refractivity contribution >= 4 is 11.6 Å². The van der Waals surface area contributed by atoms with Crippen LogP contribution in [0, 0.1) is 20.8 Å². The zero-order chi connectivity index (χ0) is 12.4. The van der Waals surface area contributed by atoms with Gasteiger partial charge in [0.05, 0.1) is 6.33 Å². The Labute approximate surface area is 100 Å².